The van der Waals surface area contributed by atoms with Gasteiger partial charge in [0.25, 0.3) is 0 Å². The summed E-state index contributed by atoms with van der Waals surface area (Å²) in [7, 11) is 0. The van der Waals surface area contributed by atoms with Crippen molar-refractivity contribution in [1.82, 2.24) is 0 Å². The molecule has 0 aromatic heterocycles. The maximum Gasteiger partial charge on any atom is 0.303 e. The molecule has 0 aliphatic rings. The van der Waals surface area contributed by atoms with E-state index >= 15 is 0 Å². The molecule has 5 heteroatoms. The first kappa shape index (κ1) is 26.0. The van der Waals surface area contributed by atoms with Gasteiger partial charge in [0.2, 0.25) is 0 Å². The molecule has 0 atom stereocenters. The van der Waals surface area contributed by atoms with Crippen molar-refractivity contribution < 1.29 is 24.5 Å². The third kappa shape index (κ3) is 12.5. The number of rotatable bonds is 19. The molecule has 170 valence electrons. The van der Waals surface area contributed by atoms with E-state index in [-0.39, 0.29) is 12.8 Å². The summed E-state index contributed by atoms with van der Waals surface area (Å²) in [4.78, 5) is 21.5. The van der Waals surface area contributed by atoms with Gasteiger partial charge in [0.05, 0.1) is 6.61 Å². The molecule has 0 saturated carbocycles. The SMILES string of the molecule is CCCCCCCCCOc1cccc(CCCCC(=O)O)c1CCCCC(=O)O. The largest absolute Gasteiger partial charge is 0.493 e. The van der Waals surface area contributed by atoms with Crippen LogP contribution >= 0.6 is 0 Å². The third-order valence-electron chi connectivity index (χ3n) is 5.39. The predicted molar refractivity (Wildman–Crippen MR) is 120 cm³/mol. The molecule has 1 aromatic rings. The van der Waals surface area contributed by atoms with E-state index in [9.17, 15) is 9.59 Å². The van der Waals surface area contributed by atoms with Crippen molar-refractivity contribution >= 4 is 11.9 Å². The van der Waals surface area contributed by atoms with Crippen LogP contribution in [0.5, 0.6) is 5.75 Å². The molecule has 0 saturated heterocycles. The highest BCUT2D eigenvalue weighted by Gasteiger charge is 2.11. The minimum atomic E-state index is -0.757. The van der Waals surface area contributed by atoms with Crippen LogP contribution in [0.1, 0.15) is 102 Å². The lowest BCUT2D eigenvalue weighted by molar-refractivity contribution is -0.138. The molecule has 30 heavy (non-hydrogen) atoms. The van der Waals surface area contributed by atoms with Crippen molar-refractivity contribution in [3.8, 4) is 5.75 Å². The van der Waals surface area contributed by atoms with E-state index in [0.29, 0.717) is 19.4 Å². The molecule has 1 aromatic carbocycles. The third-order valence-corrected chi connectivity index (χ3v) is 5.39. The maximum atomic E-state index is 10.8. The molecule has 0 bridgehead atoms. The first-order valence-electron chi connectivity index (χ1n) is 11.7. The number of aryl methyl sites for hydroxylation is 1. The van der Waals surface area contributed by atoms with Crippen molar-refractivity contribution in [3.63, 3.8) is 0 Å². The Bertz CT molecular complexity index is 612. The van der Waals surface area contributed by atoms with Gasteiger partial charge in [0.1, 0.15) is 5.75 Å². The lowest BCUT2D eigenvalue weighted by Crippen LogP contribution is -2.05. The van der Waals surface area contributed by atoms with E-state index < -0.39 is 11.9 Å². The number of hydrogen-bond acceptors (Lipinski definition) is 3. The summed E-state index contributed by atoms with van der Waals surface area (Å²) in [5, 5.41) is 17.7. The van der Waals surface area contributed by atoms with Gasteiger partial charge >= 0.3 is 11.9 Å². The zero-order valence-corrected chi connectivity index (χ0v) is 18.7. The molecular formula is C25H40O5. The van der Waals surface area contributed by atoms with E-state index in [2.05, 4.69) is 13.0 Å². The molecule has 2 N–H and O–H groups in total. The number of ether oxygens (including phenoxy) is 1. The van der Waals surface area contributed by atoms with E-state index in [1.165, 1.54) is 49.7 Å². The topological polar surface area (TPSA) is 83.8 Å². The summed E-state index contributed by atoms with van der Waals surface area (Å²) >= 11 is 0. The number of carboxylic acids is 2. The predicted octanol–water partition coefficient (Wildman–Crippen LogP) is 6.41. The zero-order valence-electron chi connectivity index (χ0n) is 18.7. The van der Waals surface area contributed by atoms with Crippen LogP contribution in [0, 0.1) is 0 Å². The minimum absolute atomic E-state index is 0.189. The molecule has 5 nitrogen and oxygen atoms in total. The Morgan fingerprint density at radius 2 is 1.37 bits per heavy atom. The Kier molecular flexibility index (Phi) is 14.5. The van der Waals surface area contributed by atoms with Crippen LogP contribution in [0.4, 0.5) is 0 Å². The number of benzene rings is 1. The molecule has 0 heterocycles. The standard InChI is InChI=1S/C25H40O5/c1-2-3-4-5-6-7-12-20-30-23-17-13-15-21(14-8-10-18-24(26)27)22(23)16-9-11-19-25(28)29/h13,15,17H,2-12,14,16,18-20H2,1H3,(H,26,27)(H,28,29). The van der Waals surface area contributed by atoms with Crippen LogP contribution in [-0.4, -0.2) is 28.8 Å². The first-order valence-corrected chi connectivity index (χ1v) is 11.7. The maximum absolute atomic E-state index is 10.8. The van der Waals surface area contributed by atoms with Gasteiger partial charge in [-0.05, 0) is 62.1 Å². The highest BCUT2D eigenvalue weighted by atomic mass is 16.5. The normalized spacial score (nSPS) is 10.8. The Morgan fingerprint density at radius 1 is 0.767 bits per heavy atom. The number of aliphatic carboxylic acids is 2. The number of unbranched alkanes of at least 4 members (excludes halogenated alkanes) is 8. The van der Waals surface area contributed by atoms with E-state index in [1.54, 1.807) is 0 Å². The number of hydrogen-bond donors (Lipinski definition) is 2. The monoisotopic (exact) mass is 420 g/mol. The second-order valence-corrected chi connectivity index (χ2v) is 8.07. The van der Waals surface area contributed by atoms with Gasteiger partial charge in [-0.25, -0.2) is 0 Å². The average molecular weight is 421 g/mol. The van der Waals surface area contributed by atoms with Crippen LogP contribution < -0.4 is 4.74 Å². The molecule has 0 fully saturated rings. The Labute approximate surface area is 181 Å². The van der Waals surface area contributed by atoms with Crippen molar-refractivity contribution in [1.29, 1.82) is 0 Å². The van der Waals surface area contributed by atoms with Crippen LogP contribution in [-0.2, 0) is 22.4 Å². The summed E-state index contributed by atoms with van der Waals surface area (Å²) in [5.41, 5.74) is 2.37. The van der Waals surface area contributed by atoms with E-state index in [0.717, 1.165) is 37.9 Å². The summed E-state index contributed by atoms with van der Waals surface area (Å²) in [6, 6.07) is 6.11. The van der Waals surface area contributed by atoms with Crippen molar-refractivity contribution in [3.05, 3.63) is 29.3 Å². The molecule has 0 aliphatic carbocycles. The lowest BCUT2D eigenvalue weighted by Gasteiger charge is -2.16. The number of carbonyl (C=O) groups is 2. The lowest BCUT2D eigenvalue weighted by atomic mass is 9.96. The van der Waals surface area contributed by atoms with Crippen LogP contribution in [0.3, 0.4) is 0 Å². The van der Waals surface area contributed by atoms with Gasteiger partial charge in [0.15, 0.2) is 0 Å². The highest BCUT2D eigenvalue weighted by molar-refractivity contribution is 5.66. The summed E-state index contributed by atoms with van der Waals surface area (Å²) in [5.74, 6) is -0.602. The highest BCUT2D eigenvalue weighted by Crippen LogP contribution is 2.27. The number of carboxylic acid groups (broad SMARTS) is 2. The average Bonchev–Trinajstić information content (AvgIpc) is 2.71. The van der Waals surface area contributed by atoms with E-state index in [4.69, 9.17) is 14.9 Å². The van der Waals surface area contributed by atoms with Crippen molar-refractivity contribution in [2.24, 2.45) is 0 Å². The van der Waals surface area contributed by atoms with Crippen molar-refractivity contribution in [2.75, 3.05) is 6.61 Å². The van der Waals surface area contributed by atoms with Gasteiger partial charge in [-0.3, -0.25) is 9.59 Å². The molecular weight excluding hydrogens is 380 g/mol. The van der Waals surface area contributed by atoms with E-state index in [1.807, 2.05) is 12.1 Å². The van der Waals surface area contributed by atoms with Gasteiger partial charge in [-0.15, -0.1) is 0 Å². The fourth-order valence-corrected chi connectivity index (χ4v) is 3.68. The zero-order chi connectivity index (χ0) is 22.0. The molecule has 0 unspecified atom stereocenters. The quantitative estimate of drug-likeness (QED) is 0.253. The smallest absolute Gasteiger partial charge is 0.303 e. The second-order valence-electron chi connectivity index (χ2n) is 8.07. The second kappa shape index (κ2) is 16.7. The molecule has 0 aliphatic heterocycles. The van der Waals surface area contributed by atoms with Crippen LogP contribution in [0.25, 0.3) is 0 Å². The van der Waals surface area contributed by atoms with Gasteiger partial charge in [-0.1, -0.05) is 57.6 Å². The molecule has 0 spiro atoms. The molecule has 1 rings (SSSR count). The fraction of sp³-hybridized carbons (Fsp3) is 0.680. The fourth-order valence-electron chi connectivity index (χ4n) is 3.68. The first-order chi connectivity index (χ1) is 14.5. The van der Waals surface area contributed by atoms with Gasteiger partial charge in [0, 0.05) is 12.8 Å². The summed E-state index contributed by atoms with van der Waals surface area (Å²) < 4.78 is 6.12. The summed E-state index contributed by atoms with van der Waals surface area (Å²) in [6.45, 7) is 2.94. The van der Waals surface area contributed by atoms with Crippen LogP contribution in [0.15, 0.2) is 18.2 Å². The van der Waals surface area contributed by atoms with Gasteiger partial charge < -0.3 is 14.9 Å². The van der Waals surface area contributed by atoms with Gasteiger partial charge in [-0.2, -0.15) is 0 Å². The van der Waals surface area contributed by atoms with Crippen LogP contribution in [0.2, 0.25) is 0 Å². The Balaban J connectivity index is 2.57. The molecule has 0 radical (unpaired) electrons. The molecule has 0 amide bonds. The minimum Gasteiger partial charge on any atom is -0.493 e. The Hall–Kier alpha value is -2.04. The Morgan fingerprint density at radius 3 is 2.00 bits per heavy atom. The van der Waals surface area contributed by atoms with Crippen molar-refractivity contribution in [2.45, 2.75) is 103 Å². The summed E-state index contributed by atoms with van der Waals surface area (Å²) in [6.07, 6.45) is 13.7.